The first kappa shape index (κ1) is 27.2. The molecule has 0 radical (unpaired) electrons. The first-order chi connectivity index (χ1) is 18.1. The molecule has 38 heavy (non-hydrogen) atoms. The van der Waals surface area contributed by atoms with Gasteiger partial charge in [0.25, 0.3) is 11.8 Å². The third-order valence-corrected chi connectivity index (χ3v) is 6.81. The lowest BCUT2D eigenvalue weighted by atomic mass is 9.90. The summed E-state index contributed by atoms with van der Waals surface area (Å²) in [6.45, 7) is 6.15. The minimum atomic E-state index is -1.12. The highest BCUT2D eigenvalue weighted by Crippen LogP contribution is 2.27. The van der Waals surface area contributed by atoms with Crippen molar-refractivity contribution in [3.63, 3.8) is 0 Å². The molecule has 1 aromatic heterocycles. The molecule has 3 aromatic rings. The topological polar surface area (TPSA) is 80.3 Å². The third-order valence-electron chi connectivity index (χ3n) is 6.81. The lowest BCUT2D eigenvalue weighted by Crippen LogP contribution is -2.44. The van der Waals surface area contributed by atoms with Crippen molar-refractivity contribution >= 4 is 11.8 Å². The van der Waals surface area contributed by atoms with Crippen molar-refractivity contribution in [3.05, 3.63) is 88.4 Å². The largest absolute Gasteiger partial charge is 0.438 e. The molecule has 0 aliphatic heterocycles. The molecule has 6 nitrogen and oxygen atoms in total. The van der Waals surface area contributed by atoms with Gasteiger partial charge in [-0.25, -0.2) is 18.2 Å². The molecule has 2 aromatic carbocycles. The Morgan fingerprint density at radius 3 is 2.13 bits per heavy atom. The second-order valence-electron chi connectivity index (χ2n) is 9.85. The van der Waals surface area contributed by atoms with Gasteiger partial charge in [-0.2, -0.15) is 0 Å². The van der Waals surface area contributed by atoms with Gasteiger partial charge in [-0.1, -0.05) is 26.0 Å². The summed E-state index contributed by atoms with van der Waals surface area (Å²) in [5, 5.41) is 5.98. The lowest BCUT2D eigenvalue weighted by molar-refractivity contribution is 0.0889. The van der Waals surface area contributed by atoms with Crippen LogP contribution in [0.3, 0.4) is 0 Å². The smallest absolute Gasteiger partial charge is 0.257 e. The van der Waals surface area contributed by atoms with Crippen LogP contribution in [0.5, 0.6) is 11.6 Å². The molecule has 0 spiro atoms. The Balaban J connectivity index is 1.36. The summed E-state index contributed by atoms with van der Waals surface area (Å²) < 4.78 is 46.1. The van der Waals surface area contributed by atoms with Gasteiger partial charge in [-0.3, -0.25) is 9.59 Å². The van der Waals surface area contributed by atoms with Gasteiger partial charge in [0, 0.05) is 23.7 Å². The maximum Gasteiger partial charge on any atom is 0.257 e. The van der Waals surface area contributed by atoms with Gasteiger partial charge < -0.3 is 15.4 Å². The van der Waals surface area contributed by atoms with E-state index in [0.29, 0.717) is 37.2 Å². The fourth-order valence-corrected chi connectivity index (χ4v) is 4.76. The number of carbonyl (C=O) groups is 2. The summed E-state index contributed by atoms with van der Waals surface area (Å²) in [4.78, 5) is 29.7. The number of hydrogen-bond donors (Lipinski definition) is 2. The Hall–Kier alpha value is -3.88. The second-order valence-corrected chi connectivity index (χ2v) is 9.85. The van der Waals surface area contributed by atoms with Gasteiger partial charge >= 0.3 is 0 Å². The molecule has 1 aliphatic carbocycles. The van der Waals surface area contributed by atoms with Gasteiger partial charge in [-0.15, -0.1) is 0 Å². The van der Waals surface area contributed by atoms with Crippen molar-refractivity contribution in [2.75, 3.05) is 0 Å². The van der Waals surface area contributed by atoms with Crippen molar-refractivity contribution in [2.45, 2.75) is 64.5 Å². The predicted octanol–water partition coefficient (Wildman–Crippen LogP) is 6.19. The number of pyridine rings is 1. The van der Waals surface area contributed by atoms with Gasteiger partial charge in [0.05, 0.1) is 6.20 Å². The van der Waals surface area contributed by atoms with Crippen LogP contribution in [0.15, 0.2) is 48.7 Å². The molecule has 1 heterocycles. The van der Waals surface area contributed by atoms with Gasteiger partial charge in [0.1, 0.15) is 17.1 Å². The molecule has 0 bridgehead atoms. The van der Waals surface area contributed by atoms with Crippen molar-refractivity contribution in [1.29, 1.82) is 0 Å². The maximum atomic E-state index is 13.9. The number of benzene rings is 2. The lowest BCUT2D eigenvalue weighted by Gasteiger charge is -2.30. The molecule has 2 amide bonds. The van der Waals surface area contributed by atoms with Crippen LogP contribution >= 0.6 is 0 Å². The normalized spacial score (nSPS) is 17.2. The highest BCUT2D eigenvalue weighted by atomic mass is 19.2. The fraction of sp³-hybridized carbons (Fsp3) is 0.345. The molecule has 0 atom stereocenters. The molecular formula is C29H30F3N3O3. The van der Waals surface area contributed by atoms with Crippen molar-refractivity contribution in [1.82, 2.24) is 15.6 Å². The quantitative estimate of drug-likeness (QED) is 0.385. The zero-order valence-electron chi connectivity index (χ0n) is 21.5. The van der Waals surface area contributed by atoms with E-state index in [1.165, 1.54) is 6.07 Å². The van der Waals surface area contributed by atoms with E-state index in [-0.39, 0.29) is 35.2 Å². The summed E-state index contributed by atoms with van der Waals surface area (Å²) in [7, 11) is 0. The zero-order chi connectivity index (χ0) is 27.4. The van der Waals surface area contributed by atoms with Crippen molar-refractivity contribution in [3.8, 4) is 11.6 Å². The van der Waals surface area contributed by atoms with E-state index in [4.69, 9.17) is 4.74 Å². The standard InChI is InChI=1S/C29H30F3N3O3/c1-16(2)22-5-4-6-23(17(22)3)27(36)34-19-7-9-20(10-8-19)35-28(37)24-13-18(30)15-33-29(24)38-21-11-12-25(31)26(32)14-21/h4-6,11-16,19-20H,7-10H2,1-3H3,(H,34,36)(H,35,37). The first-order valence-corrected chi connectivity index (χ1v) is 12.6. The predicted molar refractivity (Wildman–Crippen MR) is 137 cm³/mol. The van der Waals surface area contributed by atoms with Crippen molar-refractivity contribution < 1.29 is 27.5 Å². The maximum absolute atomic E-state index is 13.9. The van der Waals surface area contributed by atoms with E-state index in [1.54, 1.807) is 0 Å². The SMILES string of the molecule is Cc1c(C(=O)NC2CCC(NC(=O)c3cc(F)cnc3Oc3ccc(F)c(F)c3)CC2)cccc1C(C)C. The first-order valence-electron chi connectivity index (χ1n) is 12.6. The molecule has 1 aliphatic rings. The average molecular weight is 526 g/mol. The minimum absolute atomic E-state index is 0.0270. The van der Waals surface area contributed by atoms with Crippen LogP contribution in [0.25, 0.3) is 0 Å². The number of aromatic nitrogens is 1. The Morgan fingerprint density at radius 2 is 1.53 bits per heavy atom. The summed E-state index contributed by atoms with van der Waals surface area (Å²) in [5.41, 5.74) is 2.62. The van der Waals surface area contributed by atoms with E-state index in [9.17, 15) is 22.8 Å². The van der Waals surface area contributed by atoms with Crippen LogP contribution in [0, 0.1) is 24.4 Å². The Morgan fingerprint density at radius 1 is 0.895 bits per heavy atom. The number of carbonyl (C=O) groups excluding carboxylic acids is 2. The third kappa shape index (κ3) is 6.33. The summed E-state index contributed by atoms with van der Waals surface area (Å²) in [5.74, 6) is -3.60. The van der Waals surface area contributed by atoms with E-state index < -0.39 is 23.4 Å². The molecule has 1 fully saturated rings. The molecule has 0 saturated heterocycles. The van der Waals surface area contributed by atoms with Crippen LogP contribution in [-0.4, -0.2) is 28.9 Å². The average Bonchev–Trinajstić information content (AvgIpc) is 2.88. The summed E-state index contributed by atoms with van der Waals surface area (Å²) in [6, 6.07) is 9.41. The number of nitrogens with one attached hydrogen (secondary N) is 2. The number of ether oxygens (including phenoxy) is 1. The Labute approximate surface area is 219 Å². The zero-order valence-corrected chi connectivity index (χ0v) is 21.5. The molecule has 4 rings (SSSR count). The van der Waals surface area contributed by atoms with Gasteiger partial charge in [0.15, 0.2) is 11.6 Å². The van der Waals surface area contributed by atoms with Crippen LogP contribution in [-0.2, 0) is 0 Å². The number of nitrogens with zero attached hydrogens (tertiary/aromatic N) is 1. The highest BCUT2D eigenvalue weighted by Gasteiger charge is 2.26. The second kappa shape index (κ2) is 11.7. The Bertz CT molecular complexity index is 1340. The monoisotopic (exact) mass is 525 g/mol. The molecule has 200 valence electrons. The molecule has 9 heteroatoms. The van der Waals surface area contributed by atoms with Crippen molar-refractivity contribution in [2.24, 2.45) is 0 Å². The van der Waals surface area contributed by atoms with Crippen LogP contribution in [0.1, 0.15) is 77.3 Å². The summed E-state index contributed by atoms with van der Waals surface area (Å²) in [6.07, 6.45) is 3.44. The minimum Gasteiger partial charge on any atom is -0.438 e. The number of amides is 2. The fourth-order valence-electron chi connectivity index (χ4n) is 4.76. The molecular weight excluding hydrogens is 495 g/mol. The number of hydrogen-bond acceptors (Lipinski definition) is 4. The van der Waals surface area contributed by atoms with Crippen LogP contribution in [0.2, 0.25) is 0 Å². The van der Waals surface area contributed by atoms with E-state index in [2.05, 4.69) is 29.5 Å². The molecule has 0 unspecified atom stereocenters. The van der Waals surface area contributed by atoms with E-state index in [1.807, 2.05) is 25.1 Å². The van der Waals surface area contributed by atoms with E-state index >= 15 is 0 Å². The number of halogens is 3. The molecule has 1 saturated carbocycles. The molecule has 2 N–H and O–H groups in total. The van der Waals surface area contributed by atoms with Crippen LogP contribution < -0.4 is 15.4 Å². The van der Waals surface area contributed by atoms with E-state index in [0.717, 1.165) is 35.5 Å². The van der Waals surface area contributed by atoms with Gasteiger partial charge in [0.2, 0.25) is 5.88 Å². The highest BCUT2D eigenvalue weighted by molar-refractivity contribution is 5.97. The number of rotatable bonds is 7. The van der Waals surface area contributed by atoms with Crippen LogP contribution in [0.4, 0.5) is 13.2 Å². The van der Waals surface area contributed by atoms with Gasteiger partial charge in [-0.05, 0) is 73.9 Å². The Kier molecular flexibility index (Phi) is 8.34. The summed E-state index contributed by atoms with van der Waals surface area (Å²) >= 11 is 0.